The maximum atomic E-state index is 6.13. The van der Waals surface area contributed by atoms with Crippen LogP contribution in [0.25, 0.3) is 11.1 Å². The lowest BCUT2D eigenvalue weighted by molar-refractivity contribution is 0.282. The summed E-state index contributed by atoms with van der Waals surface area (Å²) in [6, 6.07) is 5.76. The van der Waals surface area contributed by atoms with Gasteiger partial charge in [0.2, 0.25) is 5.89 Å². The molecule has 0 fully saturated rings. The number of nitrogens with zero attached hydrogens (tertiary/aromatic N) is 1. The maximum absolute atomic E-state index is 6.13. The molecule has 0 aliphatic carbocycles. The van der Waals surface area contributed by atoms with Gasteiger partial charge in [0.25, 0.3) is 0 Å². The minimum absolute atomic E-state index is 0.0468. The minimum atomic E-state index is -0.181. The summed E-state index contributed by atoms with van der Waals surface area (Å²) >= 11 is 0. The predicted molar refractivity (Wildman–Crippen MR) is 65.1 cm³/mol. The van der Waals surface area contributed by atoms with Crippen LogP contribution in [-0.2, 0) is 0 Å². The fourth-order valence-electron chi connectivity index (χ4n) is 1.61. The van der Waals surface area contributed by atoms with E-state index in [9.17, 15) is 0 Å². The van der Waals surface area contributed by atoms with Gasteiger partial charge in [-0.25, -0.2) is 4.98 Å². The number of para-hydroxylation sites is 1. The first-order valence-electron chi connectivity index (χ1n) is 5.51. The van der Waals surface area contributed by atoms with Crippen LogP contribution < -0.4 is 5.73 Å². The standard InChI is InChI=1S/C13H18N2O/c1-8-6-5-7-9-10(8)16-12(15-9)11(14)13(2,3)4/h5-7,11H,14H2,1-4H3. The van der Waals surface area contributed by atoms with Gasteiger partial charge in [-0.15, -0.1) is 0 Å². The maximum Gasteiger partial charge on any atom is 0.212 e. The van der Waals surface area contributed by atoms with Crippen molar-refractivity contribution in [2.45, 2.75) is 33.7 Å². The molecule has 0 saturated carbocycles. The number of aryl methyl sites for hydroxylation is 1. The van der Waals surface area contributed by atoms with Crippen molar-refractivity contribution >= 4 is 11.1 Å². The van der Waals surface area contributed by atoms with Gasteiger partial charge in [0.1, 0.15) is 5.52 Å². The highest BCUT2D eigenvalue weighted by molar-refractivity contribution is 5.76. The van der Waals surface area contributed by atoms with Crippen LogP contribution in [0.3, 0.4) is 0 Å². The summed E-state index contributed by atoms with van der Waals surface area (Å²) in [5.74, 6) is 0.622. The van der Waals surface area contributed by atoms with Gasteiger partial charge in [0, 0.05) is 0 Å². The number of fused-ring (bicyclic) bond motifs is 1. The van der Waals surface area contributed by atoms with Gasteiger partial charge in [0.15, 0.2) is 5.58 Å². The summed E-state index contributed by atoms with van der Waals surface area (Å²) in [6.07, 6.45) is 0. The zero-order chi connectivity index (χ0) is 11.9. The Morgan fingerprint density at radius 3 is 2.56 bits per heavy atom. The highest BCUT2D eigenvalue weighted by Gasteiger charge is 2.27. The molecule has 1 atom stereocenters. The lowest BCUT2D eigenvalue weighted by atomic mass is 9.87. The van der Waals surface area contributed by atoms with Crippen LogP contribution in [0.15, 0.2) is 22.6 Å². The average Bonchev–Trinajstić information content (AvgIpc) is 2.60. The van der Waals surface area contributed by atoms with Crippen molar-refractivity contribution in [2.24, 2.45) is 11.1 Å². The Hall–Kier alpha value is -1.35. The van der Waals surface area contributed by atoms with E-state index in [1.165, 1.54) is 0 Å². The van der Waals surface area contributed by atoms with Crippen LogP contribution in [0, 0.1) is 12.3 Å². The first kappa shape index (κ1) is 11.1. The van der Waals surface area contributed by atoms with E-state index in [-0.39, 0.29) is 11.5 Å². The van der Waals surface area contributed by atoms with Crippen molar-refractivity contribution < 1.29 is 4.42 Å². The summed E-state index contributed by atoms with van der Waals surface area (Å²) < 4.78 is 5.75. The summed E-state index contributed by atoms with van der Waals surface area (Å²) in [4.78, 5) is 4.45. The van der Waals surface area contributed by atoms with Crippen molar-refractivity contribution in [2.75, 3.05) is 0 Å². The Kier molecular flexibility index (Phi) is 2.50. The van der Waals surface area contributed by atoms with Gasteiger partial charge >= 0.3 is 0 Å². The normalized spacial score (nSPS) is 14.3. The molecular weight excluding hydrogens is 200 g/mol. The first-order valence-corrected chi connectivity index (χ1v) is 5.51. The van der Waals surface area contributed by atoms with Crippen LogP contribution in [0.4, 0.5) is 0 Å². The molecule has 1 unspecified atom stereocenters. The average molecular weight is 218 g/mol. The third kappa shape index (κ3) is 1.83. The Morgan fingerprint density at radius 2 is 2.00 bits per heavy atom. The number of benzene rings is 1. The van der Waals surface area contributed by atoms with Gasteiger partial charge in [-0.2, -0.15) is 0 Å². The SMILES string of the molecule is Cc1cccc2nc(C(N)C(C)(C)C)oc12. The van der Waals surface area contributed by atoms with Crippen molar-refractivity contribution in [3.8, 4) is 0 Å². The van der Waals surface area contributed by atoms with E-state index in [0.717, 1.165) is 16.7 Å². The molecule has 0 aliphatic heterocycles. The van der Waals surface area contributed by atoms with Gasteiger partial charge in [-0.05, 0) is 24.0 Å². The molecule has 0 bridgehead atoms. The Bertz CT molecular complexity index is 508. The molecule has 0 aliphatic rings. The zero-order valence-electron chi connectivity index (χ0n) is 10.2. The number of oxazole rings is 1. The minimum Gasteiger partial charge on any atom is -0.439 e. The fraction of sp³-hybridized carbons (Fsp3) is 0.462. The van der Waals surface area contributed by atoms with E-state index in [2.05, 4.69) is 25.8 Å². The molecular formula is C13H18N2O. The fourth-order valence-corrected chi connectivity index (χ4v) is 1.61. The quantitative estimate of drug-likeness (QED) is 0.799. The van der Waals surface area contributed by atoms with E-state index in [1.807, 2.05) is 25.1 Å². The summed E-state index contributed by atoms with van der Waals surface area (Å²) in [5, 5.41) is 0. The molecule has 1 aromatic heterocycles. The molecule has 0 amide bonds. The largest absolute Gasteiger partial charge is 0.439 e. The molecule has 3 heteroatoms. The van der Waals surface area contributed by atoms with E-state index in [0.29, 0.717) is 5.89 Å². The smallest absolute Gasteiger partial charge is 0.212 e. The highest BCUT2D eigenvalue weighted by atomic mass is 16.3. The molecule has 2 rings (SSSR count). The van der Waals surface area contributed by atoms with Crippen LogP contribution >= 0.6 is 0 Å². The lowest BCUT2D eigenvalue weighted by Crippen LogP contribution is -2.26. The first-order chi connectivity index (χ1) is 7.39. The zero-order valence-corrected chi connectivity index (χ0v) is 10.2. The number of aromatic nitrogens is 1. The van der Waals surface area contributed by atoms with Crippen LogP contribution in [-0.4, -0.2) is 4.98 Å². The Labute approximate surface area is 95.7 Å². The molecule has 86 valence electrons. The van der Waals surface area contributed by atoms with E-state index in [4.69, 9.17) is 10.2 Å². The predicted octanol–water partition coefficient (Wildman–Crippen LogP) is 3.18. The second-order valence-corrected chi connectivity index (χ2v) is 5.32. The van der Waals surface area contributed by atoms with Gasteiger partial charge in [-0.1, -0.05) is 32.9 Å². The van der Waals surface area contributed by atoms with E-state index >= 15 is 0 Å². The van der Waals surface area contributed by atoms with Crippen molar-refractivity contribution in [1.82, 2.24) is 4.98 Å². The third-order valence-electron chi connectivity index (χ3n) is 2.83. The summed E-state index contributed by atoms with van der Waals surface area (Å²) in [7, 11) is 0. The molecule has 0 radical (unpaired) electrons. The number of nitrogens with two attached hydrogens (primary N) is 1. The number of hydrogen-bond donors (Lipinski definition) is 1. The molecule has 16 heavy (non-hydrogen) atoms. The molecule has 1 aromatic carbocycles. The van der Waals surface area contributed by atoms with E-state index in [1.54, 1.807) is 0 Å². The third-order valence-corrected chi connectivity index (χ3v) is 2.83. The molecule has 3 nitrogen and oxygen atoms in total. The molecule has 2 N–H and O–H groups in total. The Morgan fingerprint density at radius 1 is 1.31 bits per heavy atom. The van der Waals surface area contributed by atoms with Crippen molar-refractivity contribution in [1.29, 1.82) is 0 Å². The van der Waals surface area contributed by atoms with Crippen molar-refractivity contribution in [3.63, 3.8) is 0 Å². The van der Waals surface area contributed by atoms with Gasteiger partial charge in [-0.3, -0.25) is 0 Å². The molecule has 1 heterocycles. The second kappa shape index (κ2) is 3.59. The molecule has 2 aromatic rings. The highest BCUT2D eigenvalue weighted by Crippen LogP contribution is 2.32. The monoisotopic (exact) mass is 218 g/mol. The second-order valence-electron chi connectivity index (χ2n) is 5.32. The van der Waals surface area contributed by atoms with Gasteiger partial charge < -0.3 is 10.2 Å². The topological polar surface area (TPSA) is 52.0 Å². The van der Waals surface area contributed by atoms with E-state index < -0.39 is 0 Å². The van der Waals surface area contributed by atoms with Crippen LogP contribution in [0.2, 0.25) is 0 Å². The lowest BCUT2D eigenvalue weighted by Gasteiger charge is -2.23. The Balaban J connectivity index is 2.52. The molecule has 0 saturated heterocycles. The summed E-state index contributed by atoms with van der Waals surface area (Å²) in [6.45, 7) is 8.26. The van der Waals surface area contributed by atoms with Gasteiger partial charge in [0.05, 0.1) is 6.04 Å². The molecule has 0 spiro atoms. The van der Waals surface area contributed by atoms with Crippen molar-refractivity contribution in [3.05, 3.63) is 29.7 Å². The van der Waals surface area contributed by atoms with Crippen LogP contribution in [0.1, 0.15) is 38.3 Å². The number of hydrogen-bond acceptors (Lipinski definition) is 3. The summed E-state index contributed by atoms with van der Waals surface area (Å²) in [5.41, 5.74) is 8.91. The van der Waals surface area contributed by atoms with Crippen LogP contribution in [0.5, 0.6) is 0 Å². The number of rotatable bonds is 1.